The number of carbonyl (C=O) groups excluding carboxylic acids is 1. The molecule has 1 atom stereocenters. The van der Waals surface area contributed by atoms with Crippen molar-refractivity contribution in [3.63, 3.8) is 0 Å². The molecule has 3 nitrogen and oxygen atoms in total. The van der Waals surface area contributed by atoms with Gasteiger partial charge in [-0.3, -0.25) is 4.79 Å². The van der Waals surface area contributed by atoms with Crippen molar-refractivity contribution in [3.8, 4) is 0 Å². The van der Waals surface area contributed by atoms with Crippen LogP contribution >= 0.6 is 0 Å². The summed E-state index contributed by atoms with van der Waals surface area (Å²) in [5, 5.41) is 0. The van der Waals surface area contributed by atoms with E-state index in [2.05, 4.69) is 0 Å². The molecule has 3 rings (SSSR count). The molecule has 1 amide bonds. The fraction of sp³-hybridized carbons (Fsp3) is 0.316. The van der Waals surface area contributed by atoms with Gasteiger partial charge in [-0.2, -0.15) is 0 Å². The maximum absolute atomic E-state index is 13.6. The predicted molar refractivity (Wildman–Crippen MR) is 86.5 cm³/mol. The number of nitrogens with zero attached hydrogens (tertiary/aromatic N) is 1. The zero-order valence-corrected chi connectivity index (χ0v) is 13.6. The van der Waals surface area contributed by atoms with Crippen molar-refractivity contribution >= 4 is 5.91 Å². The lowest BCUT2D eigenvalue weighted by Crippen LogP contribution is -2.43. The monoisotopic (exact) mass is 349 g/mol. The number of amides is 1. The van der Waals surface area contributed by atoms with Crippen LogP contribution in [0.4, 0.5) is 13.2 Å². The number of benzene rings is 2. The summed E-state index contributed by atoms with van der Waals surface area (Å²) in [7, 11) is 0. The minimum absolute atomic E-state index is 0.0593. The van der Waals surface area contributed by atoms with Crippen LogP contribution in [0.5, 0.6) is 0 Å². The Morgan fingerprint density at radius 3 is 2.72 bits per heavy atom. The minimum atomic E-state index is -0.523. The summed E-state index contributed by atoms with van der Waals surface area (Å²) < 4.78 is 45.8. The maximum atomic E-state index is 13.6. The molecule has 1 aliphatic rings. The first-order valence-corrected chi connectivity index (χ1v) is 8.13. The van der Waals surface area contributed by atoms with Crippen molar-refractivity contribution < 1.29 is 22.7 Å². The summed E-state index contributed by atoms with van der Waals surface area (Å²) in [6.07, 6.45) is 1.19. The van der Waals surface area contributed by atoms with E-state index < -0.39 is 17.5 Å². The van der Waals surface area contributed by atoms with Crippen molar-refractivity contribution in [2.75, 3.05) is 13.1 Å². The number of rotatable bonds is 4. The average molecular weight is 349 g/mol. The number of halogens is 3. The Morgan fingerprint density at radius 2 is 1.92 bits per heavy atom. The average Bonchev–Trinajstić information content (AvgIpc) is 2.62. The molecule has 2 aromatic rings. The fourth-order valence-electron chi connectivity index (χ4n) is 2.92. The second-order valence-electron chi connectivity index (χ2n) is 6.07. The number of hydrogen-bond donors (Lipinski definition) is 0. The molecule has 1 fully saturated rings. The third-order valence-electron chi connectivity index (χ3n) is 4.22. The van der Waals surface area contributed by atoms with Crippen molar-refractivity contribution in [1.82, 2.24) is 4.90 Å². The summed E-state index contributed by atoms with van der Waals surface area (Å²) in [5.41, 5.74) is 0.436. The lowest BCUT2D eigenvalue weighted by Gasteiger charge is -2.32. The van der Waals surface area contributed by atoms with Crippen LogP contribution in [0.2, 0.25) is 0 Å². The molecular formula is C19H18F3NO2. The van der Waals surface area contributed by atoms with Crippen LogP contribution in [0.15, 0.2) is 42.5 Å². The second-order valence-corrected chi connectivity index (χ2v) is 6.07. The summed E-state index contributed by atoms with van der Waals surface area (Å²) in [5.74, 6) is -1.77. The standard InChI is InChI=1S/C19H18F3NO2/c20-15-4-1-3-13(9-15)19(24)23-8-2-5-17(11-23)25-12-14-10-16(21)6-7-18(14)22/h1,3-4,6-7,9-10,17H,2,5,8,11-12H2/t17-/m1/s1. The summed E-state index contributed by atoms with van der Waals surface area (Å²) in [4.78, 5) is 14.1. The van der Waals surface area contributed by atoms with Crippen molar-refractivity contribution in [3.05, 3.63) is 71.0 Å². The normalized spacial score (nSPS) is 17.6. The highest BCUT2D eigenvalue weighted by molar-refractivity contribution is 5.94. The van der Waals surface area contributed by atoms with Crippen LogP contribution < -0.4 is 0 Å². The first kappa shape index (κ1) is 17.5. The molecule has 0 aliphatic carbocycles. The Kier molecular flexibility index (Phi) is 5.38. The van der Waals surface area contributed by atoms with Gasteiger partial charge < -0.3 is 9.64 Å². The number of piperidine rings is 1. The Hall–Kier alpha value is -2.34. The third kappa shape index (κ3) is 4.39. The number of carbonyl (C=O) groups is 1. The van der Waals surface area contributed by atoms with Crippen molar-refractivity contribution in [1.29, 1.82) is 0 Å². The molecule has 2 aromatic carbocycles. The SMILES string of the molecule is O=C(c1cccc(F)c1)N1CCC[C@@H](OCc2cc(F)ccc2F)C1. The van der Waals surface area contributed by atoms with E-state index in [1.807, 2.05) is 0 Å². The highest BCUT2D eigenvalue weighted by atomic mass is 19.1. The van der Waals surface area contributed by atoms with Crippen LogP contribution in [0.25, 0.3) is 0 Å². The minimum Gasteiger partial charge on any atom is -0.372 e. The van der Waals surface area contributed by atoms with E-state index in [9.17, 15) is 18.0 Å². The van der Waals surface area contributed by atoms with E-state index >= 15 is 0 Å². The van der Waals surface area contributed by atoms with Gasteiger partial charge >= 0.3 is 0 Å². The number of likely N-dealkylation sites (tertiary alicyclic amines) is 1. The zero-order valence-electron chi connectivity index (χ0n) is 13.6. The fourth-order valence-corrected chi connectivity index (χ4v) is 2.92. The molecule has 132 valence electrons. The first-order chi connectivity index (χ1) is 12.0. The molecular weight excluding hydrogens is 331 g/mol. The largest absolute Gasteiger partial charge is 0.372 e. The number of hydrogen-bond acceptors (Lipinski definition) is 2. The first-order valence-electron chi connectivity index (χ1n) is 8.13. The molecule has 0 saturated carbocycles. The topological polar surface area (TPSA) is 29.5 Å². The second kappa shape index (κ2) is 7.70. The van der Waals surface area contributed by atoms with Crippen LogP contribution in [0, 0.1) is 17.5 Å². The summed E-state index contributed by atoms with van der Waals surface area (Å²) >= 11 is 0. The molecule has 0 spiro atoms. The van der Waals surface area contributed by atoms with Gasteiger partial charge in [-0.15, -0.1) is 0 Å². The van der Waals surface area contributed by atoms with Crippen LogP contribution in [-0.4, -0.2) is 30.0 Å². The van der Waals surface area contributed by atoms with Crippen molar-refractivity contribution in [2.45, 2.75) is 25.6 Å². The third-order valence-corrected chi connectivity index (χ3v) is 4.22. The molecule has 0 N–H and O–H groups in total. The lowest BCUT2D eigenvalue weighted by molar-refractivity contribution is -0.00770. The molecule has 0 radical (unpaired) electrons. The van der Waals surface area contributed by atoms with Gasteiger partial charge in [0.1, 0.15) is 17.5 Å². The Bertz CT molecular complexity index is 766. The van der Waals surface area contributed by atoms with Gasteiger partial charge in [-0.25, -0.2) is 13.2 Å². The molecule has 0 aromatic heterocycles. The van der Waals surface area contributed by atoms with E-state index in [1.165, 1.54) is 18.2 Å². The summed E-state index contributed by atoms with van der Waals surface area (Å²) in [6.45, 7) is 0.839. The van der Waals surface area contributed by atoms with E-state index in [4.69, 9.17) is 4.74 Å². The summed E-state index contributed by atoms with van der Waals surface area (Å²) in [6, 6.07) is 8.77. The van der Waals surface area contributed by atoms with Gasteiger partial charge in [0.2, 0.25) is 0 Å². The molecule has 25 heavy (non-hydrogen) atoms. The predicted octanol–water partition coefficient (Wildman–Crippen LogP) is 3.93. The highest BCUT2D eigenvalue weighted by Crippen LogP contribution is 2.19. The maximum Gasteiger partial charge on any atom is 0.254 e. The van der Waals surface area contributed by atoms with Crippen LogP contribution in [0.1, 0.15) is 28.8 Å². The Labute approximate surface area is 144 Å². The van der Waals surface area contributed by atoms with Gasteiger partial charge in [-0.05, 0) is 49.2 Å². The van der Waals surface area contributed by atoms with E-state index in [1.54, 1.807) is 11.0 Å². The van der Waals surface area contributed by atoms with Crippen LogP contribution in [-0.2, 0) is 11.3 Å². The van der Waals surface area contributed by atoms with E-state index in [-0.39, 0.29) is 29.7 Å². The quantitative estimate of drug-likeness (QED) is 0.837. The molecule has 6 heteroatoms. The molecule has 1 aliphatic heterocycles. The molecule has 1 saturated heterocycles. The van der Waals surface area contributed by atoms with Gasteiger partial charge in [0.05, 0.1) is 12.7 Å². The Morgan fingerprint density at radius 1 is 1.12 bits per heavy atom. The molecule has 0 unspecified atom stereocenters. The van der Waals surface area contributed by atoms with E-state index in [0.717, 1.165) is 31.0 Å². The Balaban J connectivity index is 1.61. The highest BCUT2D eigenvalue weighted by Gasteiger charge is 2.25. The van der Waals surface area contributed by atoms with Crippen LogP contribution in [0.3, 0.4) is 0 Å². The molecule has 1 heterocycles. The van der Waals surface area contributed by atoms with Crippen molar-refractivity contribution in [2.24, 2.45) is 0 Å². The van der Waals surface area contributed by atoms with Gasteiger partial charge in [0.25, 0.3) is 5.91 Å². The number of ether oxygens (including phenoxy) is 1. The lowest BCUT2D eigenvalue weighted by atomic mass is 10.1. The zero-order chi connectivity index (χ0) is 17.8. The molecule has 0 bridgehead atoms. The van der Waals surface area contributed by atoms with E-state index in [0.29, 0.717) is 13.1 Å². The van der Waals surface area contributed by atoms with Gasteiger partial charge in [0.15, 0.2) is 0 Å². The van der Waals surface area contributed by atoms with Gasteiger partial charge in [0, 0.05) is 24.2 Å². The van der Waals surface area contributed by atoms with Gasteiger partial charge in [-0.1, -0.05) is 6.07 Å². The smallest absolute Gasteiger partial charge is 0.254 e.